The SMILES string of the molecule is OC(c1ccc2c(c1)CCO2)c1cc(Cl)sc1Cl. The molecular formula is C13H10Cl2O2S. The fraction of sp³-hybridized carbons (Fsp3) is 0.231. The van der Waals surface area contributed by atoms with E-state index in [1.165, 1.54) is 11.3 Å². The topological polar surface area (TPSA) is 29.5 Å². The number of hydrogen-bond donors (Lipinski definition) is 1. The van der Waals surface area contributed by atoms with Crippen molar-refractivity contribution in [3.8, 4) is 5.75 Å². The highest BCUT2D eigenvalue weighted by molar-refractivity contribution is 7.20. The smallest absolute Gasteiger partial charge is 0.122 e. The maximum absolute atomic E-state index is 10.3. The van der Waals surface area contributed by atoms with Gasteiger partial charge in [0.25, 0.3) is 0 Å². The van der Waals surface area contributed by atoms with E-state index in [-0.39, 0.29) is 0 Å². The molecule has 0 radical (unpaired) electrons. The number of fused-ring (bicyclic) bond motifs is 1. The summed E-state index contributed by atoms with van der Waals surface area (Å²) in [5, 5.41) is 10.3. The van der Waals surface area contributed by atoms with Crippen molar-refractivity contribution in [3.05, 3.63) is 49.6 Å². The molecule has 0 spiro atoms. The van der Waals surface area contributed by atoms with Crippen molar-refractivity contribution in [2.24, 2.45) is 0 Å². The third-order valence-electron chi connectivity index (χ3n) is 3.01. The molecule has 2 aromatic rings. The molecule has 0 amide bonds. The van der Waals surface area contributed by atoms with Gasteiger partial charge in [0.2, 0.25) is 0 Å². The highest BCUT2D eigenvalue weighted by Gasteiger charge is 2.20. The van der Waals surface area contributed by atoms with Gasteiger partial charge in [-0.1, -0.05) is 29.3 Å². The van der Waals surface area contributed by atoms with Crippen LogP contribution in [0.15, 0.2) is 24.3 Å². The van der Waals surface area contributed by atoms with Gasteiger partial charge < -0.3 is 9.84 Å². The van der Waals surface area contributed by atoms with Gasteiger partial charge in [0.15, 0.2) is 0 Å². The predicted molar refractivity (Wildman–Crippen MR) is 74.0 cm³/mol. The Balaban J connectivity index is 1.97. The van der Waals surface area contributed by atoms with Crippen LogP contribution in [0.2, 0.25) is 8.67 Å². The van der Waals surface area contributed by atoms with E-state index >= 15 is 0 Å². The zero-order chi connectivity index (χ0) is 12.7. The van der Waals surface area contributed by atoms with E-state index in [0.717, 1.165) is 23.3 Å². The summed E-state index contributed by atoms with van der Waals surface area (Å²) in [6.07, 6.45) is 0.140. The van der Waals surface area contributed by atoms with Crippen molar-refractivity contribution in [3.63, 3.8) is 0 Å². The van der Waals surface area contributed by atoms with E-state index in [1.807, 2.05) is 18.2 Å². The summed E-state index contributed by atoms with van der Waals surface area (Å²) in [7, 11) is 0. The van der Waals surface area contributed by atoms with Crippen LogP contribution in [-0.4, -0.2) is 11.7 Å². The molecule has 1 unspecified atom stereocenters. The van der Waals surface area contributed by atoms with Crippen molar-refractivity contribution < 1.29 is 9.84 Å². The molecule has 0 aliphatic carbocycles. The largest absolute Gasteiger partial charge is 0.493 e. The predicted octanol–water partition coefficient (Wildman–Crippen LogP) is 4.07. The number of halogens is 2. The number of ether oxygens (including phenoxy) is 1. The number of rotatable bonds is 2. The highest BCUT2D eigenvalue weighted by Crippen LogP contribution is 2.38. The maximum Gasteiger partial charge on any atom is 0.122 e. The molecule has 2 heterocycles. The van der Waals surface area contributed by atoms with E-state index in [0.29, 0.717) is 20.8 Å². The molecule has 1 aromatic heterocycles. The van der Waals surface area contributed by atoms with Gasteiger partial charge in [-0.15, -0.1) is 11.3 Å². The molecule has 0 saturated carbocycles. The summed E-state index contributed by atoms with van der Waals surface area (Å²) >= 11 is 13.2. The molecule has 5 heteroatoms. The lowest BCUT2D eigenvalue weighted by Crippen LogP contribution is -1.99. The summed E-state index contributed by atoms with van der Waals surface area (Å²) in [5.74, 6) is 0.903. The minimum atomic E-state index is -0.743. The normalized spacial score (nSPS) is 15.3. The van der Waals surface area contributed by atoms with Gasteiger partial charge in [-0.2, -0.15) is 0 Å². The van der Waals surface area contributed by atoms with Crippen LogP contribution in [0, 0.1) is 0 Å². The Morgan fingerprint density at radius 3 is 2.83 bits per heavy atom. The quantitative estimate of drug-likeness (QED) is 0.906. The zero-order valence-corrected chi connectivity index (χ0v) is 11.6. The molecule has 1 aliphatic rings. The highest BCUT2D eigenvalue weighted by atomic mass is 35.5. The number of hydrogen-bond acceptors (Lipinski definition) is 3. The monoisotopic (exact) mass is 300 g/mol. The van der Waals surface area contributed by atoms with Gasteiger partial charge in [0, 0.05) is 12.0 Å². The summed E-state index contributed by atoms with van der Waals surface area (Å²) in [6.45, 7) is 0.708. The summed E-state index contributed by atoms with van der Waals surface area (Å²) in [5.41, 5.74) is 2.60. The third-order valence-corrected chi connectivity index (χ3v) is 4.52. The molecule has 1 aromatic carbocycles. The fourth-order valence-electron chi connectivity index (χ4n) is 2.10. The number of aliphatic hydroxyl groups excluding tert-OH is 1. The Kier molecular flexibility index (Phi) is 3.24. The summed E-state index contributed by atoms with van der Waals surface area (Å²) in [6, 6.07) is 7.43. The number of thiophene rings is 1. The molecule has 1 aliphatic heterocycles. The third kappa shape index (κ3) is 2.12. The standard InChI is InChI=1S/C13H10Cl2O2S/c14-11-6-9(13(15)18-11)12(16)8-1-2-10-7(5-8)3-4-17-10/h1-2,5-6,12,16H,3-4H2. The first-order chi connectivity index (χ1) is 8.65. The maximum atomic E-state index is 10.3. The minimum Gasteiger partial charge on any atom is -0.493 e. The van der Waals surface area contributed by atoms with E-state index in [9.17, 15) is 5.11 Å². The van der Waals surface area contributed by atoms with Crippen molar-refractivity contribution in [1.29, 1.82) is 0 Å². The molecule has 1 N–H and O–H groups in total. The number of aliphatic hydroxyl groups is 1. The zero-order valence-electron chi connectivity index (χ0n) is 9.32. The van der Waals surface area contributed by atoms with Crippen LogP contribution in [0.5, 0.6) is 5.75 Å². The molecule has 2 nitrogen and oxygen atoms in total. The lowest BCUT2D eigenvalue weighted by molar-refractivity contribution is 0.221. The van der Waals surface area contributed by atoms with Crippen LogP contribution in [0.1, 0.15) is 22.8 Å². The van der Waals surface area contributed by atoms with Gasteiger partial charge >= 0.3 is 0 Å². The van der Waals surface area contributed by atoms with Crippen molar-refractivity contribution in [2.75, 3.05) is 6.61 Å². The van der Waals surface area contributed by atoms with Crippen LogP contribution >= 0.6 is 34.5 Å². The van der Waals surface area contributed by atoms with Crippen LogP contribution in [0.3, 0.4) is 0 Å². The molecule has 94 valence electrons. The van der Waals surface area contributed by atoms with Crippen LogP contribution in [0.4, 0.5) is 0 Å². The average Bonchev–Trinajstić information content (AvgIpc) is 2.93. The van der Waals surface area contributed by atoms with Gasteiger partial charge in [-0.3, -0.25) is 0 Å². The summed E-state index contributed by atoms with van der Waals surface area (Å²) in [4.78, 5) is 0. The molecule has 0 saturated heterocycles. The Labute approximate surface area is 119 Å². The lowest BCUT2D eigenvalue weighted by Gasteiger charge is -2.11. The Bertz CT molecular complexity index is 595. The fourth-order valence-corrected chi connectivity index (χ4v) is 3.62. The van der Waals surface area contributed by atoms with Crippen molar-refractivity contribution in [2.45, 2.75) is 12.5 Å². The van der Waals surface area contributed by atoms with Crippen LogP contribution < -0.4 is 4.74 Å². The number of benzene rings is 1. The Morgan fingerprint density at radius 1 is 1.28 bits per heavy atom. The molecule has 3 rings (SSSR count). The molecular weight excluding hydrogens is 291 g/mol. The van der Waals surface area contributed by atoms with Gasteiger partial charge in [-0.25, -0.2) is 0 Å². The molecule has 0 bridgehead atoms. The Hall–Kier alpha value is -0.740. The molecule has 18 heavy (non-hydrogen) atoms. The second-order valence-electron chi connectivity index (χ2n) is 4.15. The first-order valence-corrected chi connectivity index (χ1v) is 7.11. The molecule has 1 atom stereocenters. The van der Waals surface area contributed by atoms with Crippen LogP contribution in [-0.2, 0) is 6.42 Å². The van der Waals surface area contributed by atoms with Gasteiger partial charge in [0.1, 0.15) is 16.2 Å². The Morgan fingerprint density at radius 2 is 2.11 bits per heavy atom. The second kappa shape index (κ2) is 4.74. The van der Waals surface area contributed by atoms with Crippen LogP contribution in [0.25, 0.3) is 0 Å². The van der Waals surface area contributed by atoms with Gasteiger partial charge in [0.05, 0.1) is 10.9 Å². The van der Waals surface area contributed by atoms with E-state index in [4.69, 9.17) is 27.9 Å². The van der Waals surface area contributed by atoms with E-state index < -0.39 is 6.10 Å². The average molecular weight is 301 g/mol. The van der Waals surface area contributed by atoms with Crippen molar-refractivity contribution >= 4 is 34.5 Å². The summed E-state index contributed by atoms with van der Waals surface area (Å²) < 4.78 is 6.55. The lowest BCUT2D eigenvalue weighted by atomic mass is 10.0. The first-order valence-electron chi connectivity index (χ1n) is 5.53. The van der Waals surface area contributed by atoms with Gasteiger partial charge in [-0.05, 0) is 29.3 Å². The van der Waals surface area contributed by atoms with Crippen molar-refractivity contribution in [1.82, 2.24) is 0 Å². The van der Waals surface area contributed by atoms with E-state index in [1.54, 1.807) is 6.07 Å². The minimum absolute atomic E-state index is 0.532. The van der Waals surface area contributed by atoms with E-state index in [2.05, 4.69) is 0 Å². The first kappa shape index (κ1) is 12.3. The molecule has 0 fully saturated rings. The second-order valence-corrected chi connectivity index (χ2v) is 6.43.